The number of hydrogen-bond acceptors (Lipinski definition) is 5. The number of nitrogens with zero attached hydrogens (tertiary/aromatic N) is 2. The van der Waals surface area contributed by atoms with Crippen LogP contribution in [0.5, 0.6) is 0 Å². The Morgan fingerprint density at radius 2 is 1.60 bits per heavy atom. The molecule has 3 heterocycles. The van der Waals surface area contributed by atoms with Crippen molar-refractivity contribution in [2.75, 3.05) is 32.4 Å². The molecule has 11 atom stereocenters. The van der Waals surface area contributed by atoms with Gasteiger partial charge in [0, 0.05) is 43.8 Å². The molecule has 8 heteroatoms. The molecular formula is C45H67N3O4S. The van der Waals surface area contributed by atoms with E-state index in [2.05, 4.69) is 71.3 Å². The fraction of sp³-hybridized carbons (Fsp3) is 0.756. The van der Waals surface area contributed by atoms with Gasteiger partial charge in [-0.1, -0.05) is 71.9 Å². The first kappa shape index (κ1) is 37.9. The molecule has 0 radical (unpaired) electrons. The van der Waals surface area contributed by atoms with Crippen molar-refractivity contribution in [3.05, 3.63) is 53.6 Å². The van der Waals surface area contributed by atoms with E-state index in [-0.39, 0.29) is 39.3 Å². The summed E-state index contributed by atoms with van der Waals surface area (Å²) in [6.07, 6.45) is 15.2. The minimum Gasteiger partial charge on any atom is -0.478 e. The van der Waals surface area contributed by atoms with Crippen LogP contribution in [-0.2, 0) is 10.0 Å². The molecule has 1 aromatic carbocycles. The van der Waals surface area contributed by atoms with Crippen LogP contribution in [0, 0.1) is 57.2 Å². The molecule has 3 saturated heterocycles. The van der Waals surface area contributed by atoms with Crippen molar-refractivity contribution >= 4 is 21.6 Å². The summed E-state index contributed by atoms with van der Waals surface area (Å²) in [5.41, 5.74) is 5.24. The van der Waals surface area contributed by atoms with E-state index in [0.29, 0.717) is 41.1 Å². The molecule has 5 aliphatic carbocycles. The molecule has 2 N–H and O–H groups in total. The summed E-state index contributed by atoms with van der Waals surface area (Å²) in [5, 5.41) is 13.8. The summed E-state index contributed by atoms with van der Waals surface area (Å²) in [7, 11) is -3.15. The minimum absolute atomic E-state index is 0.00888. The van der Waals surface area contributed by atoms with Crippen LogP contribution in [0.2, 0.25) is 0 Å². The monoisotopic (exact) mass is 745 g/mol. The number of nitrogens with one attached hydrogen (secondary N) is 1. The van der Waals surface area contributed by atoms with Gasteiger partial charge in [-0.05, 0) is 145 Å². The number of piperidine rings is 1. The van der Waals surface area contributed by atoms with Crippen LogP contribution in [0.1, 0.15) is 122 Å². The second kappa shape index (κ2) is 12.5. The van der Waals surface area contributed by atoms with E-state index in [1.54, 1.807) is 16.4 Å². The van der Waals surface area contributed by atoms with Crippen molar-refractivity contribution in [3.63, 3.8) is 0 Å². The minimum atomic E-state index is -3.15. The Bertz CT molecular complexity index is 1790. The van der Waals surface area contributed by atoms with Crippen molar-refractivity contribution in [3.8, 4) is 0 Å². The van der Waals surface area contributed by atoms with Gasteiger partial charge in [-0.25, -0.2) is 13.2 Å². The topological polar surface area (TPSA) is 90.0 Å². The number of carbonyl (C=O) groups is 1. The Hall–Kier alpha value is -2.00. The molecule has 0 spiro atoms. The van der Waals surface area contributed by atoms with Gasteiger partial charge in [0.05, 0.1) is 11.8 Å². The third kappa shape index (κ3) is 5.40. The normalized spacial score (nSPS) is 44.8. The maximum absolute atomic E-state index is 12.4. The number of carboxylic acid groups (broad SMARTS) is 1. The first-order chi connectivity index (χ1) is 24.8. The molecule has 53 heavy (non-hydrogen) atoms. The highest BCUT2D eigenvalue weighted by molar-refractivity contribution is 7.88. The van der Waals surface area contributed by atoms with E-state index in [1.807, 2.05) is 12.1 Å². The summed E-state index contributed by atoms with van der Waals surface area (Å²) in [4.78, 5) is 14.1. The summed E-state index contributed by atoms with van der Waals surface area (Å²) in [6, 6.07) is 7.85. The molecule has 292 valence electrons. The first-order valence-electron chi connectivity index (χ1n) is 20.9. The highest BCUT2D eigenvalue weighted by Crippen LogP contribution is 2.76. The summed E-state index contributed by atoms with van der Waals surface area (Å²) in [6.45, 7) is 25.8. The Labute approximate surface area is 320 Å². The van der Waals surface area contributed by atoms with Gasteiger partial charge < -0.3 is 10.4 Å². The predicted octanol–water partition coefficient (Wildman–Crippen LogP) is 8.34. The lowest BCUT2D eigenvalue weighted by Gasteiger charge is -2.72. The highest BCUT2D eigenvalue weighted by atomic mass is 32.2. The Morgan fingerprint density at radius 1 is 0.925 bits per heavy atom. The third-order valence-corrected chi connectivity index (χ3v) is 19.4. The van der Waals surface area contributed by atoms with Crippen molar-refractivity contribution < 1.29 is 18.3 Å². The van der Waals surface area contributed by atoms with Crippen LogP contribution in [0.15, 0.2) is 42.5 Å². The van der Waals surface area contributed by atoms with Crippen molar-refractivity contribution in [1.82, 2.24) is 14.5 Å². The van der Waals surface area contributed by atoms with E-state index in [9.17, 15) is 18.3 Å². The zero-order valence-corrected chi connectivity index (χ0v) is 34.7. The number of sulfonamides is 1. The maximum Gasteiger partial charge on any atom is 0.335 e. The van der Waals surface area contributed by atoms with E-state index >= 15 is 0 Å². The molecular weight excluding hydrogens is 679 g/mol. The third-order valence-electron chi connectivity index (χ3n) is 18.1. The van der Waals surface area contributed by atoms with E-state index in [1.165, 1.54) is 74.3 Å². The largest absolute Gasteiger partial charge is 0.478 e. The van der Waals surface area contributed by atoms with Gasteiger partial charge in [0.25, 0.3) is 0 Å². The zero-order valence-electron chi connectivity index (χ0n) is 33.9. The smallest absolute Gasteiger partial charge is 0.335 e. The summed E-state index contributed by atoms with van der Waals surface area (Å²) < 4.78 is 26.7. The molecule has 8 aliphatic rings. The van der Waals surface area contributed by atoms with Crippen LogP contribution < -0.4 is 5.32 Å². The van der Waals surface area contributed by atoms with Gasteiger partial charge in [0.2, 0.25) is 10.0 Å². The fourth-order valence-electron chi connectivity index (χ4n) is 15.4. The first-order valence-corrected chi connectivity index (χ1v) is 22.8. The summed E-state index contributed by atoms with van der Waals surface area (Å²) >= 11 is 0. The van der Waals surface area contributed by atoms with Crippen LogP contribution >= 0.6 is 0 Å². The average Bonchev–Trinajstić information content (AvgIpc) is 3.47. The molecule has 0 aromatic heterocycles. The highest BCUT2D eigenvalue weighted by Gasteiger charge is 2.70. The fourth-order valence-corrected chi connectivity index (χ4v) is 16.9. The molecule has 3 aliphatic heterocycles. The zero-order chi connectivity index (χ0) is 38.1. The molecule has 7 nitrogen and oxygen atoms in total. The Balaban J connectivity index is 1.02. The number of aromatic carboxylic acids is 1. The maximum atomic E-state index is 12.4. The number of rotatable bonds is 8. The van der Waals surface area contributed by atoms with Crippen molar-refractivity contribution in [2.24, 2.45) is 57.2 Å². The van der Waals surface area contributed by atoms with Gasteiger partial charge >= 0.3 is 5.97 Å². The SMILES string of the molecule is C=C(C)C1CCC2(NCCN3CC4C(C)C(C3)N4S(C)(=O)=O)CCC3(C)C(CCC4C5(C)CC=C(c6ccc(C(=O)O)cc6)C(C)(C)C5CCC43C)C12. The molecule has 11 unspecified atom stereocenters. The van der Waals surface area contributed by atoms with E-state index in [0.717, 1.165) is 32.6 Å². The molecule has 7 fully saturated rings. The van der Waals surface area contributed by atoms with Gasteiger partial charge in [-0.15, -0.1) is 0 Å². The number of fused-ring (bicyclic) bond motifs is 9. The van der Waals surface area contributed by atoms with Gasteiger partial charge in [-0.3, -0.25) is 4.90 Å². The molecule has 0 amide bonds. The molecule has 4 saturated carbocycles. The van der Waals surface area contributed by atoms with Gasteiger partial charge in [0.1, 0.15) is 0 Å². The quantitative estimate of drug-likeness (QED) is 0.260. The van der Waals surface area contributed by atoms with Gasteiger partial charge in [0.15, 0.2) is 0 Å². The van der Waals surface area contributed by atoms with Crippen molar-refractivity contribution in [1.29, 1.82) is 0 Å². The molecule has 9 rings (SSSR count). The standard InChI is InChI=1S/C45H67N3O4S/c1-28(2)32-16-21-45(46-24-25-47-26-35-29(3)36(27-47)48(35)53(9,51)52)23-22-43(7)34(39(32)45)14-15-38-42(6)19-17-33(30-10-12-31(13-11-30)40(49)50)41(4,5)37(42)18-20-44(38,43)8/h10-13,17,29,32,34-39,46H,1,14-16,18-27H2,2-9H3,(H,49,50). The van der Waals surface area contributed by atoms with Crippen LogP contribution in [0.4, 0.5) is 0 Å². The summed E-state index contributed by atoms with van der Waals surface area (Å²) in [5.74, 6) is 2.69. The van der Waals surface area contributed by atoms with Gasteiger partial charge in [-0.2, -0.15) is 4.31 Å². The lowest BCUT2D eigenvalue weighted by Crippen LogP contribution is -2.75. The number of carboxylic acids is 1. The lowest BCUT2D eigenvalue weighted by molar-refractivity contribution is -0.219. The lowest BCUT2D eigenvalue weighted by atomic mass is 9.33. The number of hydrogen-bond donors (Lipinski definition) is 2. The second-order valence-electron chi connectivity index (χ2n) is 20.5. The van der Waals surface area contributed by atoms with Crippen molar-refractivity contribution in [2.45, 2.75) is 124 Å². The van der Waals surface area contributed by atoms with Crippen LogP contribution in [0.25, 0.3) is 5.57 Å². The number of allylic oxidation sites excluding steroid dienone is 3. The number of piperazine rings is 1. The Morgan fingerprint density at radius 3 is 2.23 bits per heavy atom. The van der Waals surface area contributed by atoms with E-state index in [4.69, 9.17) is 0 Å². The van der Waals surface area contributed by atoms with E-state index < -0.39 is 16.0 Å². The number of benzene rings is 1. The van der Waals surface area contributed by atoms with Crippen LogP contribution in [-0.4, -0.2) is 78.8 Å². The predicted molar refractivity (Wildman–Crippen MR) is 214 cm³/mol. The average molecular weight is 746 g/mol. The second-order valence-corrected chi connectivity index (χ2v) is 22.4. The molecule has 1 aromatic rings. The molecule has 2 bridgehead atoms. The Kier molecular flexibility index (Phi) is 8.94. The van der Waals surface area contributed by atoms with Crippen LogP contribution in [0.3, 0.4) is 0 Å².